The number of aryl methyl sites for hydroxylation is 1. The van der Waals surface area contributed by atoms with Gasteiger partial charge in [-0.05, 0) is 31.0 Å². The van der Waals surface area contributed by atoms with Crippen molar-refractivity contribution in [2.45, 2.75) is 25.9 Å². The van der Waals surface area contributed by atoms with E-state index in [1.165, 1.54) is 0 Å². The van der Waals surface area contributed by atoms with E-state index in [9.17, 15) is 4.39 Å². The number of nitrogens with two attached hydrogens (primary N) is 1. The largest absolute Gasteiger partial charge is 0.467 e. The number of furan rings is 1. The molecule has 0 radical (unpaired) electrons. The Kier molecular flexibility index (Phi) is 8.44. The predicted octanol–water partition coefficient (Wildman–Crippen LogP) is 5.15. The lowest BCUT2D eigenvalue weighted by atomic mass is 10.1. The van der Waals surface area contributed by atoms with Crippen molar-refractivity contribution in [1.82, 2.24) is 4.98 Å². The van der Waals surface area contributed by atoms with Crippen molar-refractivity contribution in [3.05, 3.63) is 45.8 Å². The molecule has 1 unspecified atom stereocenters. The van der Waals surface area contributed by atoms with Crippen molar-refractivity contribution in [3.8, 4) is 0 Å². The second-order valence-electron chi connectivity index (χ2n) is 5.37. The third-order valence-electron chi connectivity index (χ3n) is 3.62. The van der Waals surface area contributed by atoms with Crippen molar-refractivity contribution in [3.63, 3.8) is 0 Å². The molecule has 3 aromatic heterocycles. The van der Waals surface area contributed by atoms with Gasteiger partial charge in [0.05, 0.1) is 28.7 Å². The van der Waals surface area contributed by atoms with Gasteiger partial charge in [-0.2, -0.15) is 0 Å². The summed E-state index contributed by atoms with van der Waals surface area (Å²) in [6.45, 7) is 1.99. The maximum absolute atomic E-state index is 12.7. The maximum atomic E-state index is 12.7. The summed E-state index contributed by atoms with van der Waals surface area (Å²) in [5, 5.41) is 3.74. The van der Waals surface area contributed by atoms with Gasteiger partial charge in [0, 0.05) is 17.0 Å². The second-order valence-corrected chi connectivity index (χ2v) is 6.86. The van der Waals surface area contributed by atoms with Gasteiger partial charge in [0.1, 0.15) is 17.6 Å². The first-order chi connectivity index (χ1) is 11.1. The zero-order valence-electron chi connectivity index (χ0n) is 13.4. The number of hydrogen-bond donors (Lipinski definition) is 2. The first-order valence-corrected chi connectivity index (χ1v) is 8.44. The normalized spacial score (nSPS) is 11.7. The van der Waals surface area contributed by atoms with Crippen molar-refractivity contribution >= 4 is 63.7 Å². The number of hydrogen-bond acceptors (Lipinski definition) is 5. The van der Waals surface area contributed by atoms with E-state index in [1.807, 2.05) is 19.1 Å². The molecule has 0 aliphatic carbocycles. The monoisotopic (exact) mass is 425 g/mol. The third-order valence-corrected chi connectivity index (χ3v) is 5.15. The minimum Gasteiger partial charge on any atom is -0.467 e. The fourth-order valence-electron chi connectivity index (χ4n) is 2.41. The van der Waals surface area contributed by atoms with Crippen LogP contribution in [0.25, 0.3) is 10.2 Å². The van der Waals surface area contributed by atoms with Gasteiger partial charge >= 0.3 is 0 Å². The molecule has 4 nitrogen and oxygen atoms in total. The van der Waals surface area contributed by atoms with E-state index >= 15 is 0 Å². The molecule has 0 saturated carbocycles. The van der Waals surface area contributed by atoms with Crippen LogP contribution in [0.5, 0.6) is 0 Å². The molecular formula is C16H19Cl3FN3OS. The fraction of sp³-hybridized carbons (Fsp3) is 0.312. The molecule has 0 fully saturated rings. The summed E-state index contributed by atoms with van der Waals surface area (Å²) >= 11 is 7.72. The van der Waals surface area contributed by atoms with Gasteiger partial charge in [0.2, 0.25) is 0 Å². The van der Waals surface area contributed by atoms with E-state index in [-0.39, 0.29) is 24.8 Å². The van der Waals surface area contributed by atoms with Crippen LogP contribution < -0.4 is 11.1 Å². The zero-order chi connectivity index (χ0) is 16.4. The lowest BCUT2D eigenvalue weighted by Gasteiger charge is -2.06. The van der Waals surface area contributed by atoms with Gasteiger partial charge in [0.25, 0.3) is 0 Å². The summed E-state index contributed by atoms with van der Waals surface area (Å²) in [6.07, 6.45) is 2.14. The molecule has 25 heavy (non-hydrogen) atoms. The molecule has 3 aromatic rings. The number of fused-ring (bicyclic) bond motifs is 1. The number of alkyl halides is 1. The molecule has 9 heteroatoms. The SMILES string of the molecule is Cc1c(CC(N)CF)sc2c(NCc3ccco3)cc(Cl)nc12.Cl.Cl. The molecule has 0 aliphatic rings. The van der Waals surface area contributed by atoms with E-state index in [0.29, 0.717) is 18.1 Å². The summed E-state index contributed by atoms with van der Waals surface area (Å²) in [7, 11) is 0. The molecule has 0 aromatic carbocycles. The number of anilines is 1. The number of halogens is 4. The molecule has 0 aliphatic heterocycles. The summed E-state index contributed by atoms with van der Waals surface area (Å²) in [5.41, 5.74) is 8.49. The molecule has 0 saturated heterocycles. The predicted molar refractivity (Wildman–Crippen MR) is 108 cm³/mol. The van der Waals surface area contributed by atoms with Crippen molar-refractivity contribution < 1.29 is 8.81 Å². The molecule has 3 heterocycles. The standard InChI is InChI=1S/C16H17ClFN3OS.2ClH/c1-9-13(5-10(19)7-18)23-16-12(6-14(17)21-15(9)16)20-8-11-3-2-4-22-11;;/h2-4,6,10H,5,7-8,19H2,1H3,(H,20,21);2*1H. The molecule has 3 N–H and O–H groups in total. The maximum Gasteiger partial charge on any atom is 0.131 e. The quantitative estimate of drug-likeness (QED) is 0.535. The zero-order valence-corrected chi connectivity index (χ0v) is 16.6. The van der Waals surface area contributed by atoms with Gasteiger partial charge in [-0.25, -0.2) is 9.37 Å². The fourth-order valence-corrected chi connectivity index (χ4v) is 3.93. The number of nitrogens with one attached hydrogen (secondary N) is 1. The highest BCUT2D eigenvalue weighted by Crippen LogP contribution is 2.37. The Hall–Kier alpha value is -1.05. The highest BCUT2D eigenvalue weighted by molar-refractivity contribution is 7.19. The Balaban J connectivity index is 0.00000156. The van der Waals surface area contributed by atoms with E-state index in [4.69, 9.17) is 21.8 Å². The van der Waals surface area contributed by atoms with Crippen LogP contribution >= 0.6 is 47.8 Å². The summed E-state index contributed by atoms with van der Waals surface area (Å²) in [5.74, 6) is 0.832. The molecule has 1 atom stereocenters. The highest BCUT2D eigenvalue weighted by Gasteiger charge is 2.16. The van der Waals surface area contributed by atoms with Crippen LogP contribution in [0.15, 0.2) is 28.9 Å². The van der Waals surface area contributed by atoms with Crippen LogP contribution in [0.1, 0.15) is 16.2 Å². The topological polar surface area (TPSA) is 64.1 Å². The number of rotatable bonds is 6. The second kappa shape index (κ2) is 9.59. The molecular weight excluding hydrogens is 408 g/mol. The Morgan fingerprint density at radius 1 is 1.44 bits per heavy atom. The van der Waals surface area contributed by atoms with Gasteiger partial charge in [0.15, 0.2) is 0 Å². The van der Waals surface area contributed by atoms with Gasteiger partial charge in [-0.1, -0.05) is 11.6 Å². The summed E-state index contributed by atoms with van der Waals surface area (Å²) < 4.78 is 19.0. The van der Waals surface area contributed by atoms with Crippen LogP contribution in [0.2, 0.25) is 5.15 Å². The first kappa shape index (κ1) is 22.0. The lowest BCUT2D eigenvalue weighted by Crippen LogP contribution is -2.24. The lowest BCUT2D eigenvalue weighted by molar-refractivity contribution is 0.428. The van der Waals surface area contributed by atoms with Crippen molar-refractivity contribution in [1.29, 1.82) is 0 Å². The van der Waals surface area contributed by atoms with Crippen LogP contribution in [-0.4, -0.2) is 17.7 Å². The third kappa shape index (κ3) is 4.99. The number of pyridine rings is 1. The molecule has 0 spiro atoms. The van der Waals surface area contributed by atoms with Crippen molar-refractivity contribution in [2.24, 2.45) is 5.73 Å². The summed E-state index contributed by atoms with van der Waals surface area (Å²) in [6, 6.07) is 5.05. The first-order valence-electron chi connectivity index (χ1n) is 7.24. The summed E-state index contributed by atoms with van der Waals surface area (Å²) in [4.78, 5) is 5.46. The smallest absolute Gasteiger partial charge is 0.131 e. The van der Waals surface area contributed by atoms with E-state index < -0.39 is 12.7 Å². The van der Waals surface area contributed by atoms with E-state index in [0.717, 1.165) is 32.1 Å². The van der Waals surface area contributed by atoms with E-state index in [2.05, 4.69) is 10.3 Å². The Morgan fingerprint density at radius 3 is 2.84 bits per heavy atom. The Bertz CT molecular complexity index is 811. The number of thiophene rings is 1. The van der Waals surface area contributed by atoms with Crippen LogP contribution in [0, 0.1) is 6.92 Å². The minimum atomic E-state index is -0.536. The highest BCUT2D eigenvalue weighted by atomic mass is 35.5. The van der Waals surface area contributed by atoms with Gasteiger partial charge in [-0.15, -0.1) is 36.2 Å². The van der Waals surface area contributed by atoms with Crippen LogP contribution in [-0.2, 0) is 13.0 Å². The average Bonchev–Trinajstić information content (AvgIpc) is 3.15. The Morgan fingerprint density at radius 2 is 2.20 bits per heavy atom. The number of nitrogens with zero attached hydrogens (tertiary/aromatic N) is 1. The van der Waals surface area contributed by atoms with Crippen LogP contribution in [0.3, 0.4) is 0 Å². The average molecular weight is 427 g/mol. The minimum absolute atomic E-state index is 0. The van der Waals surface area contributed by atoms with Crippen molar-refractivity contribution in [2.75, 3.05) is 12.0 Å². The number of aromatic nitrogens is 1. The molecule has 138 valence electrons. The molecule has 3 rings (SSSR count). The Labute approximate surface area is 166 Å². The molecule has 0 bridgehead atoms. The van der Waals surface area contributed by atoms with E-state index in [1.54, 1.807) is 23.7 Å². The van der Waals surface area contributed by atoms with Gasteiger partial charge < -0.3 is 15.5 Å². The molecule has 0 amide bonds. The van der Waals surface area contributed by atoms with Crippen LogP contribution in [0.4, 0.5) is 10.1 Å². The van der Waals surface area contributed by atoms with Gasteiger partial charge in [-0.3, -0.25) is 0 Å².